The molecule has 1 N–H and O–H groups in total. The van der Waals surface area contributed by atoms with E-state index >= 15 is 0 Å². The number of ether oxygens (including phenoxy) is 1. The molecule has 0 unspecified atom stereocenters. The number of hydrogen-bond acceptors (Lipinski definition) is 4. The third-order valence-corrected chi connectivity index (χ3v) is 2.89. The maximum absolute atomic E-state index is 5.92. The highest BCUT2D eigenvalue weighted by atomic mass is 35.5. The molecule has 0 atom stereocenters. The first-order valence-corrected chi connectivity index (χ1v) is 7.08. The molecule has 0 aliphatic carbocycles. The van der Waals surface area contributed by atoms with Gasteiger partial charge < -0.3 is 10.1 Å². The molecule has 0 saturated heterocycles. The molecule has 0 spiro atoms. The van der Waals surface area contributed by atoms with Gasteiger partial charge in [-0.1, -0.05) is 30.1 Å². The highest BCUT2D eigenvalue weighted by molar-refractivity contribution is 6.34. The third-order valence-electron chi connectivity index (χ3n) is 2.45. The van der Waals surface area contributed by atoms with Crippen molar-refractivity contribution in [1.29, 1.82) is 0 Å². The molecule has 0 fully saturated rings. The number of nitrogens with zero attached hydrogens (tertiary/aromatic N) is 2. The van der Waals surface area contributed by atoms with Gasteiger partial charge in [-0.25, -0.2) is 4.98 Å². The Balaban J connectivity index is 2.07. The second-order valence-electron chi connectivity index (χ2n) is 4.23. The largest absolute Gasteiger partial charge is 0.437 e. The zero-order valence-corrected chi connectivity index (χ0v) is 12.6. The van der Waals surface area contributed by atoms with Crippen LogP contribution in [0, 0.1) is 0 Å². The molecule has 0 saturated carbocycles. The van der Waals surface area contributed by atoms with Crippen molar-refractivity contribution in [3.05, 3.63) is 46.3 Å². The van der Waals surface area contributed by atoms with E-state index in [1.165, 1.54) is 0 Å². The number of aromatic nitrogens is 2. The Labute approximate surface area is 128 Å². The van der Waals surface area contributed by atoms with Gasteiger partial charge in [0.1, 0.15) is 5.75 Å². The minimum atomic E-state index is 0.416. The van der Waals surface area contributed by atoms with Gasteiger partial charge >= 0.3 is 0 Å². The summed E-state index contributed by atoms with van der Waals surface area (Å²) in [6.07, 6.45) is 4.34. The van der Waals surface area contributed by atoms with E-state index in [-0.39, 0.29) is 0 Å². The Hall–Kier alpha value is -1.36. The van der Waals surface area contributed by atoms with Crippen molar-refractivity contribution in [3.8, 4) is 11.6 Å². The molecule has 2 aromatic rings. The van der Waals surface area contributed by atoms with Crippen molar-refractivity contribution >= 4 is 23.2 Å². The first-order valence-electron chi connectivity index (χ1n) is 6.33. The van der Waals surface area contributed by atoms with Crippen LogP contribution in [0.25, 0.3) is 0 Å². The zero-order valence-electron chi connectivity index (χ0n) is 11.1. The Morgan fingerprint density at radius 3 is 2.60 bits per heavy atom. The van der Waals surface area contributed by atoms with Gasteiger partial charge in [0, 0.05) is 22.8 Å². The van der Waals surface area contributed by atoms with Crippen molar-refractivity contribution in [2.75, 3.05) is 6.54 Å². The second kappa shape index (κ2) is 7.43. The van der Waals surface area contributed by atoms with Crippen LogP contribution in [0.3, 0.4) is 0 Å². The lowest BCUT2D eigenvalue weighted by Gasteiger charge is -2.07. The Morgan fingerprint density at radius 2 is 1.90 bits per heavy atom. The number of nitrogens with one attached hydrogen (secondary N) is 1. The van der Waals surface area contributed by atoms with E-state index in [1.807, 2.05) is 0 Å². The van der Waals surface area contributed by atoms with E-state index in [1.54, 1.807) is 30.6 Å². The van der Waals surface area contributed by atoms with Crippen molar-refractivity contribution in [1.82, 2.24) is 15.3 Å². The SMILES string of the molecule is CCCNCc1cncc(Oc2cc(Cl)cc(Cl)c2)n1. The lowest BCUT2D eigenvalue weighted by atomic mass is 10.3. The fraction of sp³-hybridized carbons (Fsp3) is 0.286. The second-order valence-corrected chi connectivity index (χ2v) is 5.11. The first-order chi connectivity index (χ1) is 9.67. The van der Waals surface area contributed by atoms with Gasteiger partial charge in [0.2, 0.25) is 5.88 Å². The van der Waals surface area contributed by atoms with Crippen LogP contribution in [0.2, 0.25) is 10.0 Å². The molecule has 4 nitrogen and oxygen atoms in total. The van der Waals surface area contributed by atoms with Crippen LogP contribution >= 0.6 is 23.2 Å². The molecule has 0 bridgehead atoms. The van der Waals surface area contributed by atoms with Crippen LogP contribution < -0.4 is 10.1 Å². The number of halogens is 2. The molecular weight excluding hydrogens is 297 g/mol. The maximum atomic E-state index is 5.92. The molecule has 20 heavy (non-hydrogen) atoms. The molecule has 0 radical (unpaired) electrons. The highest BCUT2D eigenvalue weighted by Crippen LogP contribution is 2.27. The zero-order chi connectivity index (χ0) is 14.4. The summed E-state index contributed by atoms with van der Waals surface area (Å²) < 4.78 is 5.62. The maximum Gasteiger partial charge on any atom is 0.238 e. The predicted octanol–water partition coefficient (Wildman–Crippen LogP) is 4.08. The molecule has 1 aromatic heterocycles. The van der Waals surface area contributed by atoms with Gasteiger partial charge in [0.05, 0.1) is 11.9 Å². The number of benzene rings is 1. The van der Waals surface area contributed by atoms with Crippen LogP contribution in [-0.4, -0.2) is 16.5 Å². The van der Waals surface area contributed by atoms with E-state index in [0.717, 1.165) is 18.7 Å². The topological polar surface area (TPSA) is 47.0 Å². The van der Waals surface area contributed by atoms with Gasteiger partial charge in [-0.3, -0.25) is 4.98 Å². The molecule has 1 heterocycles. The summed E-state index contributed by atoms with van der Waals surface area (Å²) in [5.41, 5.74) is 0.823. The van der Waals surface area contributed by atoms with Crippen molar-refractivity contribution in [2.45, 2.75) is 19.9 Å². The van der Waals surface area contributed by atoms with Crippen molar-refractivity contribution in [3.63, 3.8) is 0 Å². The molecule has 6 heteroatoms. The van der Waals surface area contributed by atoms with Crippen molar-refractivity contribution < 1.29 is 4.74 Å². The molecule has 106 valence electrons. The lowest BCUT2D eigenvalue weighted by molar-refractivity contribution is 0.456. The van der Waals surface area contributed by atoms with Crippen LogP contribution in [0.15, 0.2) is 30.6 Å². The predicted molar refractivity (Wildman–Crippen MR) is 80.6 cm³/mol. The summed E-state index contributed by atoms with van der Waals surface area (Å²) in [6, 6.07) is 5.00. The summed E-state index contributed by atoms with van der Waals surface area (Å²) in [5, 5.41) is 4.29. The average molecular weight is 312 g/mol. The minimum Gasteiger partial charge on any atom is -0.437 e. The molecule has 0 aliphatic rings. The molecule has 2 rings (SSSR count). The summed E-state index contributed by atoms with van der Waals surface area (Å²) in [4.78, 5) is 8.48. The van der Waals surface area contributed by atoms with E-state index < -0.39 is 0 Å². The van der Waals surface area contributed by atoms with Crippen LogP contribution in [0.5, 0.6) is 11.6 Å². The summed E-state index contributed by atoms with van der Waals surface area (Å²) in [5.74, 6) is 0.953. The molecule has 0 amide bonds. The summed E-state index contributed by atoms with van der Waals surface area (Å²) in [7, 11) is 0. The normalized spacial score (nSPS) is 10.6. The number of hydrogen-bond donors (Lipinski definition) is 1. The Bertz CT molecular complexity index is 558. The van der Waals surface area contributed by atoms with Gasteiger partial charge in [0.15, 0.2) is 0 Å². The van der Waals surface area contributed by atoms with Gasteiger partial charge in [-0.05, 0) is 31.2 Å². The van der Waals surface area contributed by atoms with Crippen molar-refractivity contribution in [2.24, 2.45) is 0 Å². The van der Waals surface area contributed by atoms with Gasteiger partial charge in [-0.15, -0.1) is 0 Å². The summed E-state index contributed by atoms with van der Waals surface area (Å²) >= 11 is 11.8. The van der Waals surface area contributed by atoms with Crippen LogP contribution in [0.1, 0.15) is 19.0 Å². The monoisotopic (exact) mass is 311 g/mol. The van der Waals surface area contributed by atoms with E-state index in [0.29, 0.717) is 28.2 Å². The fourth-order valence-corrected chi connectivity index (χ4v) is 2.13. The molecular formula is C14H15Cl2N3O. The quantitative estimate of drug-likeness (QED) is 0.817. The van der Waals surface area contributed by atoms with E-state index in [4.69, 9.17) is 27.9 Å². The van der Waals surface area contributed by atoms with E-state index in [9.17, 15) is 0 Å². The first kappa shape index (κ1) is 15.0. The minimum absolute atomic E-state index is 0.416. The smallest absolute Gasteiger partial charge is 0.238 e. The average Bonchev–Trinajstić information content (AvgIpc) is 2.38. The van der Waals surface area contributed by atoms with E-state index in [2.05, 4.69) is 22.2 Å². The highest BCUT2D eigenvalue weighted by Gasteiger charge is 2.04. The molecule has 1 aromatic carbocycles. The third kappa shape index (κ3) is 4.63. The van der Waals surface area contributed by atoms with Crippen LogP contribution in [-0.2, 0) is 6.54 Å². The van der Waals surface area contributed by atoms with Crippen LogP contribution in [0.4, 0.5) is 0 Å². The standard InChI is InChI=1S/C14H15Cl2N3O/c1-2-3-17-7-12-8-18-9-14(19-12)20-13-5-10(15)4-11(16)6-13/h4-6,8-9,17H,2-3,7H2,1H3. The Kier molecular flexibility index (Phi) is 5.59. The van der Waals surface area contributed by atoms with Gasteiger partial charge in [-0.2, -0.15) is 0 Å². The fourth-order valence-electron chi connectivity index (χ4n) is 1.62. The van der Waals surface area contributed by atoms with Gasteiger partial charge in [0.25, 0.3) is 0 Å². The Morgan fingerprint density at radius 1 is 1.15 bits per heavy atom. The lowest BCUT2D eigenvalue weighted by Crippen LogP contribution is -2.15. The number of rotatable bonds is 6. The summed E-state index contributed by atoms with van der Waals surface area (Å²) in [6.45, 7) is 3.71. The molecule has 0 aliphatic heterocycles.